The van der Waals surface area contributed by atoms with Gasteiger partial charge >= 0.3 is 0 Å². The van der Waals surface area contributed by atoms with Gasteiger partial charge in [0.05, 0.1) is 29.3 Å². The molecule has 8 heteroatoms. The van der Waals surface area contributed by atoms with E-state index in [0.717, 1.165) is 44.2 Å². The van der Waals surface area contributed by atoms with Crippen LogP contribution in [0, 0.1) is 17.0 Å². The summed E-state index contributed by atoms with van der Waals surface area (Å²) in [6.07, 6.45) is 6.18. The number of carbonyl (C=O) groups is 2. The van der Waals surface area contributed by atoms with E-state index in [0.29, 0.717) is 30.6 Å². The van der Waals surface area contributed by atoms with Crippen molar-refractivity contribution in [1.29, 1.82) is 0 Å². The zero-order chi connectivity index (χ0) is 22.9. The molecule has 1 heterocycles. The van der Waals surface area contributed by atoms with Crippen molar-refractivity contribution in [2.75, 3.05) is 11.9 Å². The number of ether oxygens (including phenoxy) is 1. The van der Waals surface area contributed by atoms with Gasteiger partial charge in [-0.15, -0.1) is 0 Å². The van der Waals surface area contributed by atoms with Crippen molar-refractivity contribution < 1.29 is 19.2 Å². The average Bonchev–Trinajstić information content (AvgIpc) is 2.78. The van der Waals surface area contributed by atoms with E-state index in [1.165, 1.54) is 11.6 Å². The van der Waals surface area contributed by atoms with Crippen LogP contribution < -0.4 is 15.4 Å². The quantitative estimate of drug-likeness (QED) is 0.230. The second-order valence-corrected chi connectivity index (χ2v) is 8.02. The van der Waals surface area contributed by atoms with Crippen molar-refractivity contribution in [2.24, 2.45) is 0 Å². The van der Waals surface area contributed by atoms with Gasteiger partial charge in [-0.05, 0) is 55.9 Å². The van der Waals surface area contributed by atoms with Crippen LogP contribution in [-0.4, -0.2) is 29.9 Å². The van der Waals surface area contributed by atoms with Crippen molar-refractivity contribution in [3.05, 3.63) is 63.2 Å². The van der Waals surface area contributed by atoms with E-state index in [9.17, 15) is 19.7 Å². The SMILES string of the molecule is Cc1cc(OCCCCCCC(=O)NC2CCc3ccccc3N2)cc([N+](=O)[O-])c1C=O. The predicted octanol–water partition coefficient (Wildman–Crippen LogP) is 4.55. The summed E-state index contributed by atoms with van der Waals surface area (Å²) in [6, 6.07) is 11.1. The Labute approximate surface area is 187 Å². The van der Waals surface area contributed by atoms with Crippen molar-refractivity contribution in [3.63, 3.8) is 0 Å². The third-order valence-corrected chi connectivity index (χ3v) is 5.60. The van der Waals surface area contributed by atoms with Crippen LogP contribution in [0.2, 0.25) is 0 Å². The summed E-state index contributed by atoms with van der Waals surface area (Å²) in [7, 11) is 0. The molecule has 0 saturated carbocycles. The smallest absolute Gasteiger partial charge is 0.283 e. The minimum Gasteiger partial charge on any atom is -0.493 e. The Morgan fingerprint density at radius 1 is 1.25 bits per heavy atom. The molecule has 1 amide bonds. The van der Waals surface area contributed by atoms with Crippen molar-refractivity contribution >= 4 is 23.6 Å². The first kappa shape index (κ1) is 23.2. The number of hydrogen-bond acceptors (Lipinski definition) is 6. The van der Waals surface area contributed by atoms with E-state index < -0.39 is 4.92 Å². The minimum absolute atomic E-state index is 0.0242. The number of hydrogen-bond donors (Lipinski definition) is 2. The van der Waals surface area contributed by atoms with Gasteiger partial charge in [0.2, 0.25) is 5.91 Å². The molecule has 2 aromatic rings. The molecule has 0 saturated heterocycles. The number of nitro groups is 1. The fraction of sp³-hybridized carbons (Fsp3) is 0.417. The molecule has 2 aromatic carbocycles. The number of aldehydes is 1. The van der Waals surface area contributed by atoms with Gasteiger partial charge in [0.25, 0.3) is 5.69 Å². The fourth-order valence-corrected chi connectivity index (χ4v) is 3.88. The summed E-state index contributed by atoms with van der Waals surface area (Å²) in [6.45, 7) is 2.07. The first-order valence-electron chi connectivity index (χ1n) is 11.0. The molecular weight excluding hydrogens is 410 g/mol. The van der Waals surface area contributed by atoms with Gasteiger partial charge in [0, 0.05) is 12.1 Å². The molecule has 0 fully saturated rings. The van der Waals surface area contributed by atoms with Crippen molar-refractivity contribution in [2.45, 2.75) is 58.0 Å². The lowest BCUT2D eigenvalue weighted by Crippen LogP contribution is -2.42. The summed E-state index contributed by atoms with van der Waals surface area (Å²) in [5, 5.41) is 17.6. The molecule has 8 nitrogen and oxygen atoms in total. The molecule has 1 unspecified atom stereocenters. The summed E-state index contributed by atoms with van der Waals surface area (Å²) in [5.74, 6) is 0.442. The standard InChI is InChI=1S/C24H29N3O5/c1-17-14-19(15-22(27(30)31)20(17)16-28)32-13-7-3-2-4-10-24(29)26-23-12-11-18-8-5-6-9-21(18)25-23/h5-6,8-9,14-16,23,25H,2-4,7,10-13H2,1H3,(H,26,29). The maximum Gasteiger partial charge on any atom is 0.283 e. The molecule has 32 heavy (non-hydrogen) atoms. The maximum atomic E-state index is 12.2. The highest BCUT2D eigenvalue weighted by Crippen LogP contribution is 2.27. The number of aryl methyl sites for hydroxylation is 2. The number of benzene rings is 2. The number of anilines is 1. The van der Waals surface area contributed by atoms with E-state index in [2.05, 4.69) is 16.7 Å². The summed E-state index contributed by atoms with van der Waals surface area (Å²) in [5.41, 5.74) is 2.73. The number of amides is 1. The number of rotatable bonds is 11. The van der Waals surface area contributed by atoms with Crippen LogP contribution >= 0.6 is 0 Å². The van der Waals surface area contributed by atoms with Crippen LogP contribution in [0.3, 0.4) is 0 Å². The zero-order valence-electron chi connectivity index (χ0n) is 18.3. The zero-order valence-corrected chi connectivity index (χ0v) is 18.3. The van der Waals surface area contributed by atoms with Crippen LogP contribution in [0.1, 0.15) is 60.0 Å². The fourth-order valence-electron chi connectivity index (χ4n) is 3.88. The number of nitro benzene ring substituents is 1. The van der Waals surface area contributed by atoms with Gasteiger partial charge in [-0.3, -0.25) is 19.7 Å². The third-order valence-electron chi connectivity index (χ3n) is 5.60. The maximum absolute atomic E-state index is 12.2. The lowest BCUT2D eigenvalue weighted by atomic mass is 10.0. The largest absolute Gasteiger partial charge is 0.493 e. The number of carbonyl (C=O) groups excluding carboxylic acids is 2. The molecule has 0 spiro atoms. The highest BCUT2D eigenvalue weighted by atomic mass is 16.6. The average molecular weight is 440 g/mol. The molecule has 1 aliphatic heterocycles. The van der Waals surface area contributed by atoms with Crippen LogP contribution in [0.4, 0.5) is 11.4 Å². The summed E-state index contributed by atoms with van der Waals surface area (Å²) >= 11 is 0. The van der Waals surface area contributed by atoms with E-state index in [1.54, 1.807) is 13.0 Å². The Hall–Kier alpha value is -3.42. The van der Waals surface area contributed by atoms with E-state index in [4.69, 9.17) is 4.74 Å². The Morgan fingerprint density at radius 3 is 2.81 bits per heavy atom. The van der Waals surface area contributed by atoms with Crippen molar-refractivity contribution in [3.8, 4) is 5.75 Å². The second-order valence-electron chi connectivity index (χ2n) is 8.02. The van der Waals surface area contributed by atoms with Gasteiger partial charge in [0.1, 0.15) is 5.75 Å². The first-order valence-corrected chi connectivity index (χ1v) is 11.0. The minimum atomic E-state index is -0.573. The van der Waals surface area contributed by atoms with Crippen molar-refractivity contribution in [1.82, 2.24) is 5.32 Å². The lowest BCUT2D eigenvalue weighted by Gasteiger charge is -2.27. The number of fused-ring (bicyclic) bond motifs is 1. The Balaban J connectivity index is 1.31. The van der Waals surface area contributed by atoms with Gasteiger partial charge in [-0.25, -0.2) is 0 Å². The topological polar surface area (TPSA) is 111 Å². The monoisotopic (exact) mass is 439 g/mol. The van der Waals surface area contributed by atoms with E-state index in [1.807, 2.05) is 18.2 Å². The molecule has 1 atom stereocenters. The summed E-state index contributed by atoms with van der Waals surface area (Å²) in [4.78, 5) is 33.8. The van der Waals surface area contributed by atoms with Crippen LogP contribution in [0.25, 0.3) is 0 Å². The van der Waals surface area contributed by atoms with Crippen LogP contribution in [0.5, 0.6) is 5.75 Å². The number of unbranched alkanes of at least 4 members (excludes halogenated alkanes) is 3. The Bertz CT molecular complexity index is 976. The number of nitrogens with one attached hydrogen (secondary N) is 2. The van der Waals surface area contributed by atoms with Gasteiger partial charge in [-0.1, -0.05) is 31.0 Å². The van der Waals surface area contributed by atoms with Crippen LogP contribution in [-0.2, 0) is 11.2 Å². The molecule has 0 aliphatic carbocycles. The normalized spacial score (nSPS) is 14.7. The van der Waals surface area contributed by atoms with Crippen LogP contribution in [0.15, 0.2) is 36.4 Å². The van der Waals surface area contributed by atoms with Gasteiger partial charge < -0.3 is 15.4 Å². The Morgan fingerprint density at radius 2 is 2.03 bits per heavy atom. The Kier molecular flexibility index (Phi) is 8.19. The number of para-hydroxylation sites is 1. The lowest BCUT2D eigenvalue weighted by molar-refractivity contribution is -0.385. The molecule has 0 radical (unpaired) electrons. The molecule has 0 aromatic heterocycles. The first-order chi connectivity index (χ1) is 15.5. The second kappa shape index (κ2) is 11.3. The highest BCUT2D eigenvalue weighted by Gasteiger charge is 2.19. The van der Waals surface area contributed by atoms with E-state index in [-0.39, 0.29) is 23.3 Å². The molecule has 170 valence electrons. The third kappa shape index (κ3) is 6.29. The predicted molar refractivity (Wildman–Crippen MR) is 122 cm³/mol. The molecule has 2 N–H and O–H groups in total. The van der Waals surface area contributed by atoms with Gasteiger partial charge in [-0.2, -0.15) is 0 Å². The molecule has 3 rings (SSSR count). The molecular formula is C24H29N3O5. The molecule has 0 bridgehead atoms. The highest BCUT2D eigenvalue weighted by molar-refractivity contribution is 5.84. The van der Waals surface area contributed by atoms with Gasteiger partial charge in [0.15, 0.2) is 6.29 Å². The number of nitrogens with zero attached hydrogens (tertiary/aromatic N) is 1. The van der Waals surface area contributed by atoms with E-state index >= 15 is 0 Å². The molecule has 1 aliphatic rings. The summed E-state index contributed by atoms with van der Waals surface area (Å²) < 4.78 is 5.63.